The lowest BCUT2D eigenvalue weighted by atomic mass is 10.4. The molecule has 1 rings (SSSR count). The van der Waals surface area contributed by atoms with Crippen LogP contribution in [0.1, 0.15) is 12.6 Å². The first-order valence-corrected chi connectivity index (χ1v) is 4.57. The minimum absolute atomic E-state index is 0.190. The van der Waals surface area contributed by atoms with Crippen molar-refractivity contribution in [2.24, 2.45) is 7.05 Å². The van der Waals surface area contributed by atoms with Crippen LogP contribution in [0.25, 0.3) is 0 Å². The van der Waals surface area contributed by atoms with Gasteiger partial charge in [0.1, 0.15) is 0 Å². The zero-order chi connectivity index (χ0) is 11.3. The summed E-state index contributed by atoms with van der Waals surface area (Å²) in [5.74, 6) is -1.61. The van der Waals surface area contributed by atoms with Crippen LogP contribution < -0.4 is 5.32 Å². The Morgan fingerprint density at radius 3 is 2.87 bits per heavy atom. The predicted octanol–water partition coefficient (Wildman–Crippen LogP) is -0.401. The van der Waals surface area contributed by atoms with E-state index < -0.39 is 11.9 Å². The summed E-state index contributed by atoms with van der Waals surface area (Å²) in [6.45, 7) is 2.05. The summed E-state index contributed by atoms with van der Waals surface area (Å²) in [5, 5.41) is 6.45. The molecule has 6 heteroatoms. The van der Waals surface area contributed by atoms with Crippen LogP contribution in [0.3, 0.4) is 0 Å². The van der Waals surface area contributed by atoms with Gasteiger partial charge in [0.15, 0.2) is 0 Å². The number of rotatable bonds is 3. The molecule has 0 bridgehead atoms. The van der Waals surface area contributed by atoms with Gasteiger partial charge in [0.2, 0.25) is 0 Å². The van der Waals surface area contributed by atoms with Gasteiger partial charge in [0.25, 0.3) is 0 Å². The first kappa shape index (κ1) is 11.2. The summed E-state index contributed by atoms with van der Waals surface area (Å²) in [4.78, 5) is 22.0. The number of aryl methyl sites for hydroxylation is 1. The van der Waals surface area contributed by atoms with Crippen molar-refractivity contribution in [1.82, 2.24) is 15.1 Å². The molecule has 0 radical (unpaired) electrons. The number of carbonyl (C=O) groups is 2. The van der Waals surface area contributed by atoms with Crippen LogP contribution in [0.4, 0.5) is 0 Å². The molecule has 15 heavy (non-hydrogen) atoms. The average Bonchev–Trinajstić information content (AvgIpc) is 2.61. The Labute approximate surface area is 87.2 Å². The van der Waals surface area contributed by atoms with Gasteiger partial charge in [-0.15, -0.1) is 0 Å². The molecule has 1 N–H and O–H groups in total. The molecule has 0 atom stereocenters. The van der Waals surface area contributed by atoms with E-state index in [2.05, 4.69) is 15.2 Å². The molecule has 0 aromatic carbocycles. The zero-order valence-corrected chi connectivity index (χ0v) is 8.69. The van der Waals surface area contributed by atoms with Gasteiger partial charge in [-0.25, -0.2) is 4.79 Å². The maximum atomic E-state index is 11.1. The summed E-state index contributed by atoms with van der Waals surface area (Å²) in [6, 6.07) is 1.76. The maximum absolute atomic E-state index is 11.1. The predicted molar refractivity (Wildman–Crippen MR) is 51.7 cm³/mol. The van der Waals surface area contributed by atoms with Crippen LogP contribution in [-0.4, -0.2) is 28.3 Å². The van der Waals surface area contributed by atoms with Crippen LogP contribution in [0.2, 0.25) is 0 Å². The number of amides is 1. The van der Waals surface area contributed by atoms with Crippen LogP contribution in [0.5, 0.6) is 0 Å². The Morgan fingerprint density at radius 2 is 2.33 bits per heavy atom. The molecule has 1 aromatic rings. The molecule has 82 valence electrons. The van der Waals surface area contributed by atoms with Crippen molar-refractivity contribution in [2.45, 2.75) is 13.5 Å². The highest BCUT2D eigenvalue weighted by Crippen LogP contribution is 1.92. The monoisotopic (exact) mass is 211 g/mol. The van der Waals surface area contributed by atoms with E-state index >= 15 is 0 Å². The second-order valence-corrected chi connectivity index (χ2v) is 2.88. The van der Waals surface area contributed by atoms with Crippen molar-refractivity contribution in [1.29, 1.82) is 0 Å². The second kappa shape index (κ2) is 5.14. The zero-order valence-electron chi connectivity index (χ0n) is 8.69. The van der Waals surface area contributed by atoms with E-state index in [1.54, 1.807) is 30.9 Å². The molecule has 0 aliphatic carbocycles. The Kier molecular flexibility index (Phi) is 3.84. The van der Waals surface area contributed by atoms with Crippen molar-refractivity contribution in [3.63, 3.8) is 0 Å². The van der Waals surface area contributed by atoms with Crippen LogP contribution >= 0.6 is 0 Å². The van der Waals surface area contributed by atoms with E-state index in [1.165, 1.54) is 0 Å². The Hall–Kier alpha value is -1.85. The quantitative estimate of drug-likeness (QED) is 0.545. The molecule has 1 aromatic heterocycles. The molecule has 0 aliphatic rings. The van der Waals surface area contributed by atoms with Crippen molar-refractivity contribution < 1.29 is 14.3 Å². The molecule has 0 spiro atoms. The van der Waals surface area contributed by atoms with E-state index in [9.17, 15) is 9.59 Å². The lowest BCUT2D eigenvalue weighted by molar-refractivity contribution is -0.154. The van der Waals surface area contributed by atoms with Gasteiger partial charge >= 0.3 is 11.9 Å². The van der Waals surface area contributed by atoms with Gasteiger partial charge in [-0.3, -0.25) is 9.48 Å². The van der Waals surface area contributed by atoms with E-state index in [0.717, 1.165) is 0 Å². The number of aromatic nitrogens is 2. The maximum Gasteiger partial charge on any atom is 0.396 e. The number of hydrogen-bond donors (Lipinski definition) is 1. The standard InChI is InChI=1S/C9H13N3O3/c1-3-15-9(14)8(13)10-6-7-4-5-12(2)11-7/h4-5H,3,6H2,1-2H3,(H,10,13). The minimum Gasteiger partial charge on any atom is -0.459 e. The van der Waals surface area contributed by atoms with E-state index in [4.69, 9.17) is 0 Å². The van der Waals surface area contributed by atoms with Crippen molar-refractivity contribution in [3.05, 3.63) is 18.0 Å². The molecule has 0 unspecified atom stereocenters. The Morgan fingerprint density at radius 1 is 1.60 bits per heavy atom. The number of esters is 1. The molecule has 0 saturated heterocycles. The second-order valence-electron chi connectivity index (χ2n) is 2.88. The molecule has 0 aliphatic heterocycles. The van der Waals surface area contributed by atoms with Gasteiger partial charge in [0.05, 0.1) is 18.8 Å². The third-order valence-corrected chi connectivity index (χ3v) is 1.66. The summed E-state index contributed by atoms with van der Waals surface area (Å²) < 4.78 is 6.14. The van der Waals surface area contributed by atoms with Gasteiger partial charge in [0, 0.05) is 13.2 Å². The largest absolute Gasteiger partial charge is 0.459 e. The third kappa shape index (κ3) is 3.41. The number of nitrogens with one attached hydrogen (secondary N) is 1. The topological polar surface area (TPSA) is 73.2 Å². The smallest absolute Gasteiger partial charge is 0.396 e. The van der Waals surface area contributed by atoms with Crippen LogP contribution in [0.15, 0.2) is 12.3 Å². The van der Waals surface area contributed by atoms with Gasteiger partial charge in [-0.1, -0.05) is 0 Å². The van der Waals surface area contributed by atoms with Gasteiger partial charge in [-0.05, 0) is 13.0 Å². The van der Waals surface area contributed by atoms with Crippen LogP contribution in [0, 0.1) is 0 Å². The normalized spacial score (nSPS) is 9.73. The molecule has 0 saturated carbocycles. The number of ether oxygens (including phenoxy) is 1. The van der Waals surface area contributed by atoms with E-state index in [1.807, 2.05) is 0 Å². The highest BCUT2D eigenvalue weighted by atomic mass is 16.5. The lowest BCUT2D eigenvalue weighted by Gasteiger charge is -2.02. The molecule has 6 nitrogen and oxygen atoms in total. The first-order valence-electron chi connectivity index (χ1n) is 4.57. The van der Waals surface area contributed by atoms with Crippen molar-refractivity contribution in [3.8, 4) is 0 Å². The van der Waals surface area contributed by atoms with Gasteiger partial charge in [-0.2, -0.15) is 5.10 Å². The van der Waals surface area contributed by atoms with Gasteiger partial charge < -0.3 is 10.1 Å². The number of hydrogen-bond acceptors (Lipinski definition) is 4. The molecule has 1 amide bonds. The summed E-state index contributed by atoms with van der Waals surface area (Å²) >= 11 is 0. The molecular weight excluding hydrogens is 198 g/mol. The molecule has 1 heterocycles. The fourth-order valence-electron chi connectivity index (χ4n) is 0.997. The Balaban J connectivity index is 2.37. The lowest BCUT2D eigenvalue weighted by Crippen LogP contribution is -2.32. The number of carbonyl (C=O) groups excluding carboxylic acids is 2. The summed E-state index contributed by atoms with van der Waals surface area (Å²) in [7, 11) is 1.77. The SMILES string of the molecule is CCOC(=O)C(=O)NCc1ccn(C)n1. The third-order valence-electron chi connectivity index (χ3n) is 1.66. The minimum atomic E-state index is -0.867. The highest BCUT2D eigenvalue weighted by molar-refractivity contribution is 6.32. The average molecular weight is 211 g/mol. The van der Waals surface area contributed by atoms with Crippen LogP contribution in [-0.2, 0) is 27.9 Å². The fraction of sp³-hybridized carbons (Fsp3) is 0.444. The first-order chi connectivity index (χ1) is 7.13. The fourth-order valence-corrected chi connectivity index (χ4v) is 0.997. The Bertz CT molecular complexity index is 359. The highest BCUT2D eigenvalue weighted by Gasteiger charge is 2.13. The summed E-state index contributed by atoms with van der Waals surface area (Å²) in [6.07, 6.45) is 1.76. The molecular formula is C9H13N3O3. The van der Waals surface area contributed by atoms with Crippen molar-refractivity contribution >= 4 is 11.9 Å². The van der Waals surface area contributed by atoms with E-state index in [-0.39, 0.29) is 13.2 Å². The number of nitrogens with zero attached hydrogens (tertiary/aromatic N) is 2. The van der Waals surface area contributed by atoms with E-state index in [0.29, 0.717) is 5.69 Å². The summed E-state index contributed by atoms with van der Waals surface area (Å²) in [5.41, 5.74) is 0.690. The molecule has 0 fully saturated rings. The van der Waals surface area contributed by atoms with Crippen molar-refractivity contribution in [2.75, 3.05) is 6.61 Å².